The van der Waals surface area contributed by atoms with Gasteiger partial charge >= 0.3 is 0 Å². The van der Waals surface area contributed by atoms with Gasteiger partial charge in [-0.15, -0.1) is 0 Å². The van der Waals surface area contributed by atoms with E-state index in [9.17, 15) is 4.79 Å². The van der Waals surface area contributed by atoms with Crippen molar-refractivity contribution in [1.82, 2.24) is 9.97 Å². The molecular formula is C22H24N4O2. The molecule has 28 heavy (non-hydrogen) atoms. The van der Waals surface area contributed by atoms with Gasteiger partial charge in [-0.2, -0.15) is 0 Å². The second kappa shape index (κ2) is 8.52. The molecule has 0 aliphatic carbocycles. The Labute approximate surface area is 165 Å². The number of aryl methyl sites for hydroxylation is 2. The van der Waals surface area contributed by atoms with Crippen LogP contribution in [0.15, 0.2) is 54.7 Å². The number of nitrogens with zero attached hydrogens (tertiary/aromatic N) is 2. The number of ether oxygens (including phenoxy) is 1. The van der Waals surface area contributed by atoms with E-state index in [4.69, 9.17) is 4.74 Å². The standard InChI is InChI=1S/C22H24N4O2/c1-14(2)28-20-8-6-5-7-17(20)25-22-23-12-11-18(26-22)21(27)24-19-13-15(3)9-10-16(19)4/h5-14H,1-4H3,(H,24,27)(H,23,25,26). The summed E-state index contributed by atoms with van der Waals surface area (Å²) in [5.74, 6) is 0.741. The zero-order valence-corrected chi connectivity index (χ0v) is 16.5. The third kappa shape index (κ3) is 4.85. The van der Waals surface area contributed by atoms with Crippen molar-refractivity contribution in [3.05, 3.63) is 71.5 Å². The van der Waals surface area contributed by atoms with Crippen molar-refractivity contribution in [2.45, 2.75) is 33.8 Å². The normalized spacial score (nSPS) is 10.6. The van der Waals surface area contributed by atoms with Crippen LogP contribution in [0.4, 0.5) is 17.3 Å². The molecule has 0 fully saturated rings. The summed E-state index contributed by atoms with van der Waals surface area (Å²) >= 11 is 0. The molecule has 144 valence electrons. The molecular weight excluding hydrogens is 352 g/mol. The summed E-state index contributed by atoms with van der Waals surface area (Å²) in [6.45, 7) is 7.86. The minimum Gasteiger partial charge on any atom is -0.489 e. The van der Waals surface area contributed by atoms with Gasteiger partial charge in [-0.05, 0) is 63.1 Å². The van der Waals surface area contributed by atoms with E-state index in [1.165, 1.54) is 0 Å². The Bertz CT molecular complexity index is 986. The number of carbonyl (C=O) groups excluding carboxylic acids is 1. The summed E-state index contributed by atoms with van der Waals surface area (Å²) in [4.78, 5) is 21.2. The number of nitrogens with one attached hydrogen (secondary N) is 2. The summed E-state index contributed by atoms with van der Waals surface area (Å²) in [5, 5.41) is 6.04. The maximum absolute atomic E-state index is 12.6. The van der Waals surface area contributed by atoms with Crippen LogP contribution in [0.3, 0.4) is 0 Å². The van der Waals surface area contributed by atoms with E-state index in [1.54, 1.807) is 12.3 Å². The molecule has 6 nitrogen and oxygen atoms in total. The topological polar surface area (TPSA) is 76.1 Å². The Morgan fingerprint density at radius 2 is 1.82 bits per heavy atom. The third-order valence-electron chi connectivity index (χ3n) is 4.03. The number of amides is 1. The summed E-state index contributed by atoms with van der Waals surface area (Å²) in [7, 11) is 0. The maximum atomic E-state index is 12.6. The predicted octanol–water partition coefficient (Wildman–Crippen LogP) is 4.88. The average molecular weight is 376 g/mol. The molecule has 6 heteroatoms. The first-order valence-corrected chi connectivity index (χ1v) is 9.17. The summed E-state index contributed by atoms with van der Waals surface area (Å²) < 4.78 is 5.80. The Hall–Kier alpha value is -3.41. The minimum atomic E-state index is -0.286. The van der Waals surface area contributed by atoms with Crippen LogP contribution in [-0.2, 0) is 0 Å². The second-order valence-electron chi connectivity index (χ2n) is 6.83. The molecule has 1 amide bonds. The van der Waals surface area contributed by atoms with Gasteiger partial charge in [0.2, 0.25) is 5.95 Å². The number of aromatic nitrogens is 2. The van der Waals surface area contributed by atoms with Crippen LogP contribution in [0.5, 0.6) is 5.75 Å². The van der Waals surface area contributed by atoms with Gasteiger partial charge in [-0.1, -0.05) is 24.3 Å². The van der Waals surface area contributed by atoms with Crippen molar-refractivity contribution in [2.75, 3.05) is 10.6 Å². The van der Waals surface area contributed by atoms with Crippen molar-refractivity contribution in [3.63, 3.8) is 0 Å². The van der Waals surface area contributed by atoms with Gasteiger partial charge in [0.1, 0.15) is 11.4 Å². The van der Waals surface area contributed by atoms with Crippen LogP contribution in [0.2, 0.25) is 0 Å². The molecule has 1 aromatic heterocycles. The van der Waals surface area contributed by atoms with Crippen LogP contribution in [0, 0.1) is 13.8 Å². The van der Waals surface area contributed by atoms with E-state index >= 15 is 0 Å². The van der Waals surface area contributed by atoms with Gasteiger partial charge in [0.05, 0.1) is 11.8 Å². The van der Waals surface area contributed by atoms with Gasteiger partial charge in [0.25, 0.3) is 5.91 Å². The van der Waals surface area contributed by atoms with E-state index in [2.05, 4.69) is 20.6 Å². The maximum Gasteiger partial charge on any atom is 0.274 e. The van der Waals surface area contributed by atoms with E-state index < -0.39 is 0 Å². The van der Waals surface area contributed by atoms with Gasteiger partial charge in [-0.3, -0.25) is 4.79 Å². The highest BCUT2D eigenvalue weighted by molar-refractivity contribution is 6.03. The number of benzene rings is 2. The fourth-order valence-corrected chi connectivity index (χ4v) is 2.65. The van der Waals surface area contributed by atoms with Gasteiger partial charge < -0.3 is 15.4 Å². The monoisotopic (exact) mass is 376 g/mol. The molecule has 0 saturated carbocycles. The molecule has 0 aliphatic rings. The molecule has 1 heterocycles. The summed E-state index contributed by atoms with van der Waals surface area (Å²) in [5.41, 5.74) is 3.86. The van der Waals surface area contributed by atoms with Crippen molar-refractivity contribution in [2.24, 2.45) is 0 Å². The Morgan fingerprint density at radius 3 is 2.61 bits per heavy atom. The van der Waals surface area contributed by atoms with Crippen molar-refractivity contribution >= 4 is 23.2 Å². The smallest absolute Gasteiger partial charge is 0.274 e. The lowest BCUT2D eigenvalue weighted by molar-refractivity contribution is 0.102. The predicted molar refractivity (Wildman–Crippen MR) is 111 cm³/mol. The number of carbonyl (C=O) groups is 1. The van der Waals surface area contributed by atoms with Crippen molar-refractivity contribution in [3.8, 4) is 5.75 Å². The first-order chi connectivity index (χ1) is 13.4. The van der Waals surface area contributed by atoms with E-state index in [1.807, 2.05) is 70.2 Å². The van der Waals surface area contributed by atoms with Gasteiger partial charge in [-0.25, -0.2) is 9.97 Å². The van der Waals surface area contributed by atoms with Crippen molar-refractivity contribution < 1.29 is 9.53 Å². The number of anilines is 3. The number of hydrogen-bond donors (Lipinski definition) is 2. The van der Waals surface area contributed by atoms with E-state index in [0.717, 1.165) is 22.5 Å². The van der Waals surface area contributed by atoms with E-state index in [0.29, 0.717) is 11.7 Å². The molecule has 0 bridgehead atoms. The van der Waals surface area contributed by atoms with Crippen LogP contribution < -0.4 is 15.4 Å². The molecule has 0 unspecified atom stereocenters. The highest BCUT2D eigenvalue weighted by Gasteiger charge is 2.12. The number of para-hydroxylation sites is 2. The molecule has 2 N–H and O–H groups in total. The number of hydrogen-bond acceptors (Lipinski definition) is 5. The van der Waals surface area contributed by atoms with Crippen LogP contribution >= 0.6 is 0 Å². The molecule has 3 rings (SSSR count). The minimum absolute atomic E-state index is 0.0403. The molecule has 0 spiro atoms. The highest BCUT2D eigenvalue weighted by atomic mass is 16.5. The third-order valence-corrected chi connectivity index (χ3v) is 4.03. The Morgan fingerprint density at radius 1 is 1.04 bits per heavy atom. The van der Waals surface area contributed by atoms with Crippen LogP contribution in [0.25, 0.3) is 0 Å². The zero-order chi connectivity index (χ0) is 20.1. The SMILES string of the molecule is Cc1ccc(C)c(NC(=O)c2ccnc(Nc3ccccc3OC(C)C)n2)c1. The first kappa shape index (κ1) is 19.4. The van der Waals surface area contributed by atoms with Crippen LogP contribution in [0.1, 0.15) is 35.5 Å². The Balaban J connectivity index is 1.79. The highest BCUT2D eigenvalue weighted by Crippen LogP contribution is 2.27. The second-order valence-corrected chi connectivity index (χ2v) is 6.83. The molecule has 0 atom stereocenters. The average Bonchev–Trinajstić information content (AvgIpc) is 2.66. The zero-order valence-electron chi connectivity index (χ0n) is 16.5. The summed E-state index contributed by atoms with van der Waals surface area (Å²) in [6, 6.07) is 15.1. The summed E-state index contributed by atoms with van der Waals surface area (Å²) in [6.07, 6.45) is 1.60. The lowest BCUT2D eigenvalue weighted by atomic mass is 10.1. The number of rotatable bonds is 6. The van der Waals surface area contributed by atoms with Gasteiger partial charge in [0, 0.05) is 11.9 Å². The molecule has 0 saturated heterocycles. The van der Waals surface area contributed by atoms with Crippen LogP contribution in [-0.4, -0.2) is 22.0 Å². The molecule has 0 radical (unpaired) electrons. The molecule has 2 aromatic carbocycles. The largest absolute Gasteiger partial charge is 0.489 e. The fraction of sp³-hybridized carbons (Fsp3) is 0.227. The van der Waals surface area contributed by atoms with E-state index in [-0.39, 0.29) is 17.7 Å². The quantitative estimate of drug-likeness (QED) is 0.641. The molecule has 3 aromatic rings. The first-order valence-electron chi connectivity index (χ1n) is 9.17. The lowest BCUT2D eigenvalue weighted by Crippen LogP contribution is -2.15. The van der Waals surface area contributed by atoms with Crippen molar-refractivity contribution in [1.29, 1.82) is 0 Å². The molecule has 0 aliphatic heterocycles. The fourth-order valence-electron chi connectivity index (χ4n) is 2.65. The Kier molecular flexibility index (Phi) is 5.89. The lowest BCUT2D eigenvalue weighted by Gasteiger charge is -2.15. The van der Waals surface area contributed by atoms with Gasteiger partial charge in [0.15, 0.2) is 0 Å².